The van der Waals surface area contributed by atoms with Crippen LogP contribution in [0.15, 0.2) is 41.2 Å². The lowest BCUT2D eigenvalue weighted by molar-refractivity contribution is -0.119. The number of hydrogen-bond donors (Lipinski definition) is 2. The molecule has 1 aromatic carbocycles. The van der Waals surface area contributed by atoms with Gasteiger partial charge in [-0.2, -0.15) is 0 Å². The quantitative estimate of drug-likeness (QED) is 0.882. The predicted molar refractivity (Wildman–Crippen MR) is 97.1 cm³/mol. The Balaban J connectivity index is 2.07. The van der Waals surface area contributed by atoms with Crippen LogP contribution in [0.25, 0.3) is 0 Å². The molecule has 1 aliphatic heterocycles. The van der Waals surface area contributed by atoms with Gasteiger partial charge >= 0.3 is 0 Å². The second-order valence-electron chi connectivity index (χ2n) is 6.67. The highest BCUT2D eigenvalue weighted by molar-refractivity contribution is 6.10. The average molecular weight is 339 g/mol. The Morgan fingerprint density at radius 1 is 1.20 bits per heavy atom. The van der Waals surface area contributed by atoms with Crippen molar-refractivity contribution in [1.29, 1.82) is 0 Å². The van der Waals surface area contributed by atoms with E-state index in [1.54, 1.807) is 30.0 Å². The third-order valence-electron chi connectivity index (χ3n) is 4.34. The topological polar surface area (TPSA) is 82.3 Å². The van der Waals surface area contributed by atoms with E-state index < -0.39 is 0 Å². The van der Waals surface area contributed by atoms with E-state index in [1.807, 2.05) is 26.0 Å². The van der Waals surface area contributed by atoms with E-state index in [0.717, 1.165) is 0 Å². The molecule has 2 heterocycles. The lowest BCUT2D eigenvalue weighted by atomic mass is 10.1. The predicted octanol–water partition coefficient (Wildman–Crippen LogP) is 2.73. The zero-order valence-electron chi connectivity index (χ0n) is 14.5. The molecule has 0 bridgehead atoms. The Labute approximate surface area is 145 Å². The van der Waals surface area contributed by atoms with Crippen molar-refractivity contribution in [3.05, 3.63) is 58.0 Å². The first-order valence-corrected chi connectivity index (χ1v) is 8.33. The number of para-hydroxylation sites is 2. The van der Waals surface area contributed by atoms with Crippen LogP contribution in [0.3, 0.4) is 0 Å². The number of carbonyl (C=O) groups excluding carboxylic acids is 2. The summed E-state index contributed by atoms with van der Waals surface area (Å²) in [6.45, 7) is 5.93. The van der Waals surface area contributed by atoms with Gasteiger partial charge in [-0.15, -0.1) is 0 Å². The third-order valence-corrected chi connectivity index (χ3v) is 4.34. The largest absolute Gasteiger partial charge is 0.326 e. The summed E-state index contributed by atoms with van der Waals surface area (Å²) in [4.78, 5) is 41.6. The fourth-order valence-electron chi connectivity index (χ4n) is 2.87. The number of nitrogens with zero attached hydrogens (tertiary/aromatic N) is 1. The standard InChI is InChI=1S/C19H21N3O3/c1-11(2)15-8-13(9-17(23)20-15)19(25)22-10-12(3)18(24)21-14-6-4-5-7-16(14)22/h4-9,11-12H,10H2,1-3H3,(H,20,23)(H,21,24)/t12-/m0/s1. The van der Waals surface area contributed by atoms with Gasteiger partial charge in [0.2, 0.25) is 11.5 Å². The molecule has 1 aliphatic rings. The Bertz CT molecular complexity index is 885. The zero-order valence-corrected chi connectivity index (χ0v) is 14.5. The van der Waals surface area contributed by atoms with Gasteiger partial charge in [0.25, 0.3) is 5.91 Å². The van der Waals surface area contributed by atoms with Crippen LogP contribution in [0, 0.1) is 5.92 Å². The van der Waals surface area contributed by atoms with E-state index >= 15 is 0 Å². The van der Waals surface area contributed by atoms with E-state index in [0.29, 0.717) is 22.6 Å². The van der Waals surface area contributed by atoms with Crippen LogP contribution in [-0.4, -0.2) is 23.3 Å². The number of benzene rings is 1. The van der Waals surface area contributed by atoms with Crippen LogP contribution in [-0.2, 0) is 4.79 Å². The minimum atomic E-state index is -0.358. The second kappa shape index (κ2) is 6.55. The SMILES string of the molecule is CC(C)c1cc(C(=O)N2C[C@H](C)C(=O)Nc3ccccc32)cc(=O)[nH]1. The highest BCUT2D eigenvalue weighted by Gasteiger charge is 2.29. The van der Waals surface area contributed by atoms with Crippen LogP contribution >= 0.6 is 0 Å². The number of anilines is 2. The molecule has 2 N–H and O–H groups in total. The van der Waals surface area contributed by atoms with Gasteiger partial charge in [0.15, 0.2) is 0 Å². The lowest BCUT2D eigenvalue weighted by Gasteiger charge is -2.24. The van der Waals surface area contributed by atoms with Crippen molar-refractivity contribution in [2.75, 3.05) is 16.8 Å². The van der Waals surface area contributed by atoms with Gasteiger partial charge in [0, 0.05) is 23.9 Å². The number of aromatic amines is 1. The van der Waals surface area contributed by atoms with E-state index in [4.69, 9.17) is 0 Å². The van der Waals surface area contributed by atoms with Gasteiger partial charge in [-0.3, -0.25) is 14.4 Å². The minimum Gasteiger partial charge on any atom is -0.326 e. The van der Waals surface area contributed by atoms with Gasteiger partial charge in [-0.05, 0) is 24.1 Å². The number of aromatic nitrogens is 1. The summed E-state index contributed by atoms with van der Waals surface area (Å²) >= 11 is 0. The summed E-state index contributed by atoms with van der Waals surface area (Å²) in [6.07, 6.45) is 0. The maximum Gasteiger partial charge on any atom is 0.258 e. The second-order valence-corrected chi connectivity index (χ2v) is 6.67. The van der Waals surface area contributed by atoms with Crippen molar-refractivity contribution < 1.29 is 9.59 Å². The van der Waals surface area contributed by atoms with E-state index in [1.165, 1.54) is 6.07 Å². The molecule has 0 unspecified atom stereocenters. The summed E-state index contributed by atoms with van der Waals surface area (Å²) in [5.74, 6) is -0.678. The molecule has 2 aromatic rings. The van der Waals surface area contributed by atoms with E-state index in [9.17, 15) is 14.4 Å². The molecule has 25 heavy (non-hydrogen) atoms. The first-order chi connectivity index (χ1) is 11.9. The van der Waals surface area contributed by atoms with Crippen LogP contribution < -0.4 is 15.8 Å². The number of pyridine rings is 1. The number of carbonyl (C=O) groups is 2. The molecule has 0 fully saturated rings. The number of nitrogens with one attached hydrogen (secondary N) is 2. The van der Waals surface area contributed by atoms with Crippen molar-refractivity contribution in [3.8, 4) is 0 Å². The van der Waals surface area contributed by atoms with Crippen molar-refractivity contribution in [3.63, 3.8) is 0 Å². The molecule has 6 nitrogen and oxygen atoms in total. The highest BCUT2D eigenvalue weighted by Crippen LogP contribution is 2.31. The van der Waals surface area contributed by atoms with Gasteiger partial charge in [0.05, 0.1) is 17.3 Å². The van der Waals surface area contributed by atoms with Crippen molar-refractivity contribution in [2.45, 2.75) is 26.7 Å². The first-order valence-electron chi connectivity index (χ1n) is 8.33. The minimum absolute atomic E-state index is 0.0963. The molecule has 0 radical (unpaired) electrons. The number of rotatable bonds is 2. The maximum absolute atomic E-state index is 13.1. The van der Waals surface area contributed by atoms with E-state index in [2.05, 4.69) is 10.3 Å². The van der Waals surface area contributed by atoms with Crippen molar-refractivity contribution >= 4 is 23.2 Å². The summed E-state index contributed by atoms with van der Waals surface area (Å²) in [5, 5.41) is 2.85. The molecule has 6 heteroatoms. The highest BCUT2D eigenvalue weighted by atomic mass is 16.2. The van der Waals surface area contributed by atoms with Crippen LogP contribution in [0.5, 0.6) is 0 Å². The number of amides is 2. The molecule has 1 atom stereocenters. The fourth-order valence-corrected chi connectivity index (χ4v) is 2.87. The van der Waals surface area contributed by atoms with Crippen molar-refractivity contribution in [1.82, 2.24) is 4.98 Å². The number of hydrogen-bond acceptors (Lipinski definition) is 3. The number of fused-ring (bicyclic) bond motifs is 1. The fraction of sp³-hybridized carbons (Fsp3) is 0.316. The summed E-state index contributed by atoms with van der Waals surface area (Å²) in [6, 6.07) is 10.2. The maximum atomic E-state index is 13.1. The summed E-state index contributed by atoms with van der Waals surface area (Å²) in [5.41, 5.74) is 1.96. The monoisotopic (exact) mass is 339 g/mol. The molecular weight excluding hydrogens is 318 g/mol. The Hall–Kier alpha value is -2.89. The van der Waals surface area contributed by atoms with Crippen molar-refractivity contribution in [2.24, 2.45) is 5.92 Å². The Morgan fingerprint density at radius 2 is 1.92 bits per heavy atom. The molecule has 3 rings (SSSR count). The van der Waals surface area contributed by atoms with Gasteiger partial charge < -0.3 is 15.2 Å². The van der Waals surface area contributed by atoms with Crippen LogP contribution in [0.1, 0.15) is 42.7 Å². The molecule has 2 amide bonds. The zero-order chi connectivity index (χ0) is 18.1. The van der Waals surface area contributed by atoms with E-state index in [-0.39, 0.29) is 35.8 Å². The van der Waals surface area contributed by atoms with Gasteiger partial charge in [-0.1, -0.05) is 32.9 Å². The molecule has 0 spiro atoms. The van der Waals surface area contributed by atoms with Crippen LogP contribution in [0.2, 0.25) is 0 Å². The smallest absolute Gasteiger partial charge is 0.258 e. The third kappa shape index (κ3) is 3.33. The average Bonchev–Trinajstić information content (AvgIpc) is 2.70. The number of H-pyrrole nitrogens is 1. The molecule has 130 valence electrons. The summed E-state index contributed by atoms with van der Waals surface area (Å²) in [7, 11) is 0. The normalized spacial score (nSPS) is 17.0. The summed E-state index contributed by atoms with van der Waals surface area (Å²) < 4.78 is 0. The Morgan fingerprint density at radius 3 is 2.64 bits per heavy atom. The van der Waals surface area contributed by atoms with Crippen LogP contribution in [0.4, 0.5) is 11.4 Å². The molecule has 0 aliphatic carbocycles. The Kier molecular flexibility index (Phi) is 4.44. The lowest BCUT2D eigenvalue weighted by Crippen LogP contribution is -2.36. The first kappa shape index (κ1) is 17.0. The molecular formula is C19H21N3O3. The van der Waals surface area contributed by atoms with Gasteiger partial charge in [-0.25, -0.2) is 0 Å². The molecule has 0 saturated heterocycles. The van der Waals surface area contributed by atoms with Gasteiger partial charge in [0.1, 0.15) is 0 Å². The molecule has 0 saturated carbocycles. The molecule has 1 aromatic heterocycles.